The first-order valence-corrected chi connectivity index (χ1v) is 6.81. The van der Waals surface area contributed by atoms with Gasteiger partial charge in [-0.15, -0.1) is 0 Å². The molecule has 17 heavy (non-hydrogen) atoms. The Balaban J connectivity index is 2.88. The zero-order valence-corrected chi connectivity index (χ0v) is 11.0. The summed E-state index contributed by atoms with van der Waals surface area (Å²) in [5.74, 6) is 0.692. The molecule has 1 heterocycles. The van der Waals surface area contributed by atoms with E-state index in [9.17, 15) is 8.42 Å². The van der Waals surface area contributed by atoms with Crippen molar-refractivity contribution in [3.63, 3.8) is 0 Å². The highest BCUT2D eigenvalue weighted by Crippen LogP contribution is 2.16. The number of rotatable bonds is 5. The highest BCUT2D eigenvalue weighted by atomic mass is 32.2. The molecule has 0 saturated carbocycles. The first-order valence-electron chi connectivity index (χ1n) is 5.31. The van der Waals surface area contributed by atoms with Crippen LogP contribution in [0.5, 0.6) is 0 Å². The van der Waals surface area contributed by atoms with E-state index in [1.807, 2.05) is 6.07 Å². The zero-order chi connectivity index (χ0) is 13.1. The maximum Gasteiger partial charge on any atom is 0.230 e. The fraction of sp³-hybridized carbons (Fsp3) is 0.545. The summed E-state index contributed by atoms with van der Waals surface area (Å²) in [4.78, 5) is 0. The minimum absolute atomic E-state index is 0.225. The minimum Gasteiger partial charge on any atom is -0.469 e. The van der Waals surface area contributed by atoms with Crippen LogP contribution in [0.25, 0.3) is 0 Å². The second-order valence-corrected chi connectivity index (χ2v) is 6.05. The number of sulfonamides is 1. The summed E-state index contributed by atoms with van der Waals surface area (Å²) < 4.78 is 30.3. The molecule has 5 nitrogen and oxygen atoms in total. The highest BCUT2D eigenvalue weighted by Gasteiger charge is 2.28. The molecular formula is C11H16N2O3S. The van der Waals surface area contributed by atoms with Gasteiger partial charge in [-0.05, 0) is 19.4 Å². The maximum atomic E-state index is 12.0. The molecule has 1 aromatic rings. The Bertz CT molecular complexity index is 513. The van der Waals surface area contributed by atoms with Crippen molar-refractivity contribution < 1.29 is 12.8 Å². The normalized spacial score (nSPS) is 13.6. The fourth-order valence-electron chi connectivity index (χ4n) is 1.49. The summed E-state index contributed by atoms with van der Waals surface area (Å²) in [5, 5.41) is 7.83. The van der Waals surface area contributed by atoms with Crippen LogP contribution in [0.15, 0.2) is 16.7 Å². The van der Waals surface area contributed by atoms with Crippen molar-refractivity contribution in [1.29, 1.82) is 5.26 Å². The Kier molecular flexibility index (Phi) is 4.32. The lowest BCUT2D eigenvalue weighted by molar-refractivity contribution is 0.453. The predicted octanol–water partition coefficient (Wildman–Crippen LogP) is 1.65. The molecule has 1 rings (SSSR count). The fourth-order valence-corrected chi connectivity index (χ4v) is 2.80. The Morgan fingerprint density at radius 2 is 2.24 bits per heavy atom. The van der Waals surface area contributed by atoms with Crippen LogP contribution in [0.1, 0.15) is 24.7 Å². The van der Waals surface area contributed by atoms with Gasteiger partial charge in [-0.2, -0.15) is 9.57 Å². The van der Waals surface area contributed by atoms with Gasteiger partial charge in [0.1, 0.15) is 5.76 Å². The van der Waals surface area contributed by atoms with Crippen LogP contribution < -0.4 is 0 Å². The molecule has 0 aliphatic heterocycles. The molecule has 0 bridgehead atoms. The van der Waals surface area contributed by atoms with Crippen LogP contribution in [0, 0.1) is 18.3 Å². The van der Waals surface area contributed by atoms with E-state index in [0.29, 0.717) is 5.76 Å². The number of hydrogen-bond donors (Lipinski definition) is 0. The SMILES string of the molecule is CCC(C#N)S(=O)(=O)N(C)Cc1ccoc1C. The standard InChI is InChI=1S/C11H16N2O3S/c1-4-11(7-12)17(14,15)13(3)8-10-5-6-16-9(10)2/h5-6,11H,4,8H2,1-3H3. The average Bonchev–Trinajstić information content (AvgIpc) is 2.65. The van der Waals surface area contributed by atoms with Crippen LogP contribution in [-0.2, 0) is 16.6 Å². The van der Waals surface area contributed by atoms with Gasteiger partial charge in [0.25, 0.3) is 0 Å². The van der Waals surface area contributed by atoms with Gasteiger partial charge in [-0.25, -0.2) is 8.42 Å². The van der Waals surface area contributed by atoms with E-state index in [1.54, 1.807) is 19.9 Å². The zero-order valence-electron chi connectivity index (χ0n) is 10.2. The first-order chi connectivity index (χ1) is 7.93. The van der Waals surface area contributed by atoms with Gasteiger partial charge in [0.05, 0.1) is 12.3 Å². The van der Waals surface area contributed by atoms with Gasteiger partial charge in [-0.1, -0.05) is 6.92 Å². The molecule has 0 radical (unpaired) electrons. The number of aryl methyl sites for hydroxylation is 1. The Morgan fingerprint density at radius 1 is 1.59 bits per heavy atom. The van der Waals surface area contributed by atoms with E-state index in [1.165, 1.54) is 17.6 Å². The largest absolute Gasteiger partial charge is 0.469 e. The van der Waals surface area contributed by atoms with Crippen molar-refractivity contribution in [3.05, 3.63) is 23.7 Å². The molecule has 0 aliphatic rings. The van der Waals surface area contributed by atoms with Gasteiger partial charge in [0.15, 0.2) is 5.25 Å². The second kappa shape index (κ2) is 5.34. The molecule has 6 heteroatoms. The Labute approximate surface area is 102 Å². The number of nitrogens with zero attached hydrogens (tertiary/aromatic N) is 2. The maximum absolute atomic E-state index is 12.0. The van der Waals surface area contributed by atoms with E-state index in [0.717, 1.165) is 5.56 Å². The molecule has 94 valence electrons. The van der Waals surface area contributed by atoms with Crippen molar-refractivity contribution in [1.82, 2.24) is 4.31 Å². The molecule has 0 aromatic carbocycles. The van der Waals surface area contributed by atoms with E-state index in [4.69, 9.17) is 9.68 Å². The Morgan fingerprint density at radius 3 is 2.65 bits per heavy atom. The third-order valence-electron chi connectivity index (χ3n) is 2.67. The lowest BCUT2D eigenvalue weighted by atomic mass is 10.3. The molecule has 0 amide bonds. The smallest absolute Gasteiger partial charge is 0.230 e. The lowest BCUT2D eigenvalue weighted by Gasteiger charge is -2.19. The first kappa shape index (κ1) is 13.7. The van der Waals surface area contributed by atoms with Gasteiger partial charge in [0, 0.05) is 19.2 Å². The van der Waals surface area contributed by atoms with Gasteiger partial charge < -0.3 is 4.42 Å². The molecule has 0 spiro atoms. The Hall–Kier alpha value is -1.32. The topological polar surface area (TPSA) is 74.3 Å². The summed E-state index contributed by atoms with van der Waals surface area (Å²) in [6, 6.07) is 3.54. The third-order valence-corrected chi connectivity index (χ3v) is 4.82. The summed E-state index contributed by atoms with van der Waals surface area (Å²) in [6.45, 7) is 3.68. The molecular weight excluding hydrogens is 240 g/mol. The monoisotopic (exact) mass is 256 g/mol. The van der Waals surface area contributed by atoms with Gasteiger partial charge in [-0.3, -0.25) is 0 Å². The quantitative estimate of drug-likeness (QED) is 0.802. The number of nitriles is 1. The predicted molar refractivity (Wildman–Crippen MR) is 63.5 cm³/mol. The van der Waals surface area contributed by atoms with Crippen molar-refractivity contribution in [2.24, 2.45) is 0 Å². The summed E-state index contributed by atoms with van der Waals surface area (Å²) in [6.07, 6.45) is 1.81. The summed E-state index contributed by atoms with van der Waals surface area (Å²) in [7, 11) is -2.09. The molecule has 1 unspecified atom stereocenters. The van der Waals surface area contributed by atoms with Crippen LogP contribution in [0.4, 0.5) is 0 Å². The van der Waals surface area contributed by atoms with E-state index >= 15 is 0 Å². The van der Waals surface area contributed by atoms with E-state index in [-0.39, 0.29) is 13.0 Å². The highest BCUT2D eigenvalue weighted by molar-refractivity contribution is 7.89. The van der Waals surface area contributed by atoms with E-state index < -0.39 is 15.3 Å². The molecule has 0 N–H and O–H groups in total. The van der Waals surface area contributed by atoms with Crippen molar-refractivity contribution in [2.45, 2.75) is 32.1 Å². The average molecular weight is 256 g/mol. The molecule has 0 fully saturated rings. The lowest BCUT2D eigenvalue weighted by Crippen LogP contribution is -2.34. The number of hydrogen-bond acceptors (Lipinski definition) is 4. The minimum atomic E-state index is -3.56. The van der Waals surface area contributed by atoms with Crippen molar-refractivity contribution >= 4 is 10.0 Å². The van der Waals surface area contributed by atoms with Crippen LogP contribution in [0.3, 0.4) is 0 Å². The van der Waals surface area contributed by atoms with Gasteiger partial charge >= 0.3 is 0 Å². The molecule has 0 saturated heterocycles. The second-order valence-electron chi connectivity index (χ2n) is 3.83. The van der Waals surface area contributed by atoms with Crippen LogP contribution >= 0.6 is 0 Å². The molecule has 1 aromatic heterocycles. The molecule has 1 atom stereocenters. The van der Waals surface area contributed by atoms with Crippen molar-refractivity contribution in [3.8, 4) is 6.07 Å². The third kappa shape index (κ3) is 2.87. The molecule has 0 aliphatic carbocycles. The number of furan rings is 1. The summed E-state index contributed by atoms with van der Waals surface area (Å²) >= 11 is 0. The van der Waals surface area contributed by atoms with Gasteiger partial charge in [0.2, 0.25) is 10.0 Å². The van der Waals surface area contributed by atoms with Crippen LogP contribution in [-0.4, -0.2) is 25.0 Å². The van der Waals surface area contributed by atoms with E-state index in [2.05, 4.69) is 0 Å². The van der Waals surface area contributed by atoms with Crippen LogP contribution in [0.2, 0.25) is 0 Å². The summed E-state index contributed by atoms with van der Waals surface area (Å²) in [5.41, 5.74) is 0.809. The van der Waals surface area contributed by atoms with Crippen molar-refractivity contribution in [2.75, 3.05) is 7.05 Å².